The lowest BCUT2D eigenvalue weighted by Gasteiger charge is -2.15. The van der Waals surface area contributed by atoms with Crippen molar-refractivity contribution in [2.75, 3.05) is 0 Å². The normalized spacial score (nSPS) is 14.9. The standard InChI is InChI=1S/C24H15BrCl2FNO3S/c25-16-8-9-21(32-13-14-4-1-2-7-20(14)28)15(10-16)11-22-23(30)29(24(31)33-22)12-17-18(26)5-3-6-19(17)27/h1-11H,12-13H2/b22-11-. The lowest BCUT2D eigenvalue weighted by atomic mass is 10.1. The van der Waals surface area contributed by atoms with Crippen molar-refractivity contribution in [3.63, 3.8) is 0 Å². The van der Waals surface area contributed by atoms with Crippen LogP contribution in [0.4, 0.5) is 9.18 Å². The molecule has 0 spiro atoms. The molecule has 0 aliphatic carbocycles. The molecule has 0 atom stereocenters. The Balaban J connectivity index is 1.58. The third kappa shape index (κ3) is 5.44. The Morgan fingerprint density at radius 1 is 1.03 bits per heavy atom. The predicted molar refractivity (Wildman–Crippen MR) is 133 cm³/mol. The summed E-state index contributed by atoms with van der Waals surface area (Å²) in [5.74, 6) is -0.376. The van der Waals surface area contributed by atoms with Crippen molar-refractivity contribution < 1.29 is 18.7 Å². The Hall–Kier alpha value is -2.32. The third-order valence-corrected chi connectivity index (χ3v) is 6.96. The molecule has 1 heterocycles. The van der Waals surface area contributed by atoms with Crippen LogP contribution in [0.15, 0.2) is 70.0 Å². The first-order valence-electron chi connectivity index (χ1n) is 9.67. The van der Waals surface area contributed by atoms with E-state index in [4.69, 9.17) is 27.9 Å². The van der Waals surface area contributed by atoms with Gasteiger partial charge < -0.3 is 4.74 Å². The van der Waals surface area contributed by atoms with E-state index in [0.717, 1.165) is 21.1 Å². The zero-order valence-electron chi connectivity index (χ0n) is 16.9. The van der Waals surface area contributed by atoms with Gasteiger partial charge in [-0.2, -0.15) is 0 Å². The summed E-state index contributed by atoms with van der Waals surface area (Å²) in [4.78, 5) is 26.9. The summed E-state index contributed by atoms with van der Waals surface area (Å²) in [6.07, 6.45) is 1.58. The number of thioether (sulfide) groups is 1. The van der Waals surface area contributed by atoms with Crippen LogP contribution < -0.4 is 4.74 Å². The molecule has 2 amide bonds. The largest absolute Gasteiger partial charge is 0.488 e. The van der Waals surface area contributed by atoms with E-state index in [1.165, 1.54) is 6.07 Å². The van der Waals surface area contributed by atoms with Crippen LogP contribution in [0.1, 0.15) is 16.7 Å². The second-order valence-electron chi connectivity index (χ2n) is 7.03. The van der Waals surface area contributed by atoms with Crippen molar-refractivity contribution in [3.05, 3.63) is 103 Å². The zero-order chi connectivity index (χ0) is 23.5. The quantitative estimate of drug-likeness (QED) is 0.287. The number of nitrogens with zero attached hydrogens (tertiary/aromatic N) is 1. The Bertz CT molecular complexity index is 1260. The van der Waals surface area contributed by atoms with Gasteiger partial charge in [0.15, 0.2) is 0 Å². The van der Waals surface area contributed by atoms with E-state index in [1.807, 2.05) is 0 Å². The summed E-state index contributed by atoms with van der Waals surface area (Å²) in [5.41, 5.74) is 1.48. The monoisotopic (exact) mass is 565 g/mol. The van der Waals surface area contributed by atoms with Crippen molar-refractivity contribution in [1.29, 1.82) is 0 Å². The molecule has 168 valence electrons. The highest BCUT2D eigenvalue weighted by Gasteiger charge is 2.36. The number of carbonyl (C=O) groups excluding carboxylic acids is 2. The first-order valence-corrected chi connectivity index (χ1v) is 12.0. The van der Waals surface area contributed by atoms with Gasteiger partial charge in [-0.15, -0.1) is 0 Å². The van der Waals surface area contributed by atoms with Crippen molar-refractivity contribution in [2.45, 2.75) is 13.2 Å². The maximum atomic E-state index is 13.9. The molecule has 1 aliphatic rings. The summed E-state index contributed by atoms with van der Waals surface area (Å²) in [5, 5.41) is 0.328. The Labute approximate surface area is 212 Å². The highest BCUT2D eigenvalue weighted by Crippen LogP contribution is 2.37. The molecule has 0 N–H and O–H groups in total. The molecule has 0 saturated carbocycles. The number of rotatable bonds is 6. The minimum absolute atomic E-state index is 0.0155. The van der Waals surface area contributed by atoms with E-state index < -0.39 is 11.1 Å². The second kappa shape index (κ2) is 10.3. The van der Waals surface area contributed by atoms with Gasteiger partial charge in [0.05, 0.1) is 11.4 Å². The van der Waals surface area contributed by atoms with Crippen LogP contribution >= 0.6 is 50.9 Å². The predicted octanol–water partition coefficient (Wildman–Crippen LogP) is 7.71. The maximum absolute atomic E-state index is 13.9. The smallest absolute Gasteiger partial charge is 0.293 e. The van der Waals surface area contributed by atoms with Gasteiger partial charge in [-0.1, -0.05) is 63.4 Å². The molecular formula is C24H15BrCl2FNO3S. The number of amides is 2. The van der Waals surface area contributed by atoms with Crippen molar-refractivity contribution in [2.24, 2.45) is 0 Å². The average molecular weight is 567 g/mol. The number of halogens is 4. The fraction of sp³-hybridized carbons (Fsp3) is 0.0833. The van der Waals surface area contributed by atoms with Gasteiger partial charge in [0.25, 0.3) is 11.1 Å². The van der Waals surface area contributed by atoms with Gasteiger partial charge >= 0.3 is 0 Å². The maximum Gasteiger partial charge on any atom is 0.293 e. The highest BCUT2D eigenvalue weighted by atomic mass is 79.9. The van der Waals surface area contributed by atoms with E-state index in [2.05, 4.69) is 15.9 Å². The summed E-state index contributed by atoms with van der Waals surface area (Å²) in [7, 11) is 0. The van der Waals surface area contributed by atoms with Gasteiger partial charge in [-0.05, 0) is 54.2 Å². The van der Waals surface area contributed by atoms with Crippen LogP contribution in [-0.2, 0) is 17.9 Å². The van der Waals surface area contributed by atoms with Crippen LogP contribution in [0.2, 0.25) is 10.0 Å². The molecule has 0 bridgehead atoms. The summed E-state index contributed by atoms with van der Waals surface area (Å²) < 4.78 is 20.5. The minimum Gasteiger partial charge on any atom is -0.488 e. The summed E-state index contributed by atoms with van der Waals surface area (Å²) in [6.45, 7) is -0.0166. The molecule has 3 aromatic carbocycles. The molecule has 9 heteroatoms. The molecule has 1 saturated heterocycles. The second-order valence-corrected chi connectivity index (χ2v) is 9.75. The Morgan fingerprint density at radius 2 is 1.76 bits per heavy atom. The minimum atomic E-state index is -0.457. The lowest BCUT2D eigenvalue weighted by Crippen LogP contribution is -2.27. The van der Waals surface area contributed by atoms with Gasteiger partial charge in [-0.25, -0.2) is 4.39 Å². The van der Waals surface area contributed by atoms with E-state index in [1.54, 1.807) is 60.7 Å². The van der Waals surface area contributed by atoms with Crippen LogP contribution in [0.3, 0.4) is 0 Å². The summed E-state index contributed by atoms with van der Waals surface area (Å²) in [6, 6.07) is 16.6. The Morgan fingerprint density at radius 3 is 2.48 bits per heavy atom. The van der Waals surface area contributed by atoms with E-state index >= 15 is 0 Å². The fourth-order valence-corrected chi connectivity index (χ4v) is 4.88. The number of carbonyl (C=O) groups is 2. The number of imide groups is 1. The van der Waals surface area contributed by atoms with E-state index in [-0.39, 0.29) is 23.9 Å². The van der Waals surface area contributed by atoms with Crippen LogP contribution in [0.5, 0.6) is 5.75 Å². The van der Waals surface area contributed by atoms with E-state index in [0.29, 0.717) is 32.5 Å². The fourth-order valence-electron chi connectivity index (χ4n) is 3.15. The van der Waals surface area contributed by atoms with Crippen LogP contribution in [-0.4, -0.2) is 16.0 Å². The molecule has 1 fully saturated rings. The van der Waals surface area contributed by atoms with Crippen LogP contribution in [0, 0.1) is 5.82 Å². The molecule has 1 aliphatic heterocycles. The lowest BCUT2D eigenvalue weighted by molar-refractivity contribution is -0.123. The first-order chi connectivity index (χ1) is 15.8. The molecule has 0 aromatic heterocycles. The van der Waals surface area contributed by atoms with Crippen molar-refractivity contribution >= 4 is 68.1 Å². The third-order valence-electron chi connectivity index (χ3n) is 4.85. The molecule has 4 rings (SSSR count). The van der Waals surface area contributed by atoms with Gasteiger partial charge in [0.2, 0.25) is 0 Å². The Kier molecular flexibility index (Phi) is 7.44. The summed E-state index contributed by atoms with van der Waals surface area (Å²) >= 11 is 16.6. The molecule has 33 heavy (non-hydrogen) atoms. The molecule has 4 nitrogen and oxygen atoms in total. The topological polar surface area (TPSA) is 46.6 Å². The average Bonchev–Trinajstić information content (AvgIpc) is 3.04. The van der Waals surface area contributed by atoms with Crippen molar-refractivity contribution in [1.82, 2.24) is 4.90 Å². The van der Waals surface area contributed by atoms with Crippen LogP contribution in [0.25, 0.3) is 6.08 Å². The highest BCUT2D eigenvalue weighted by molar-refractivity contribution is 9.10. The first kappa shape index (κ1) is 23.8. The molecule has 0 unspecified atom stereocenters. The number of benzene rings is 3. The van der Waals surface area contributed by atoms with Gasteiger partial charge in [0, 0.05) is 31.2 Å². The number of ether oxygens (including phenoxy) is 1. The molecule has 0 radical (unpaired) electrons. The van der Waals surface area contributed by atoms with Gasteiger partial charge in [-0.3, -0.25) is 14.5 Å². The molecular weight excluding hydrogens is 552 g/mol. The van der Waals surface area contributed by atoms with E-state index in [9.17, 15) is 14.0 Å². The zero-order valence-corrected chi connectivity index (χ0v) is 20.8. The number of hydrogen-bond acceptors (Lipinski definition) is 4. The van der Waals surface area contributed by atoms with Crippen molar-refractivity contribution in [3.8, 4) is 5.75 Å². The molecule has 3 aromatic rings. The SMILES string of the molecule is O=C1S/C(=C\c2cc(Br)ccc2OCc2ccccc2F)C(=O)N1Cc1c(Cl)cccc1Cl. The van der Waals surface area contributed by atoms with Gasteiger partial charge in [0.1, 0.15) is 18.2 Å². The number of hydrogen-bond donors (Lipinski definition) is 0.